The third kappa shape index (κ3) is 4.13. The molecule has 0 aliphatic carbocycles. The molecule has 1 atom stereocenters. The first kappa shape index (κ1) is 19.4. The molecule has 28 heavy (non-hydrogen) atoms. The van der Waals surface area contributed by atoms with Gasteiger partial charge in [-0.05, 0) is 37.3 Å². The summed E-state index contributed by atoms with van der Waals surface area (Å²) in [5.41, 5.74) is 1.63. The molecule has 0 radical (unpaired) electrons. The first-order valence-electron chi connectivity index (χ1n) is 8.63. The van der Waals surface area contributed by atoms with Crippen LogP contribution in [0.2, 0.25) is 5.02 Å². The molecule has 0 saturated heterocycles. The summed E-state index contributed by atoms with van der Waals surface area (Å²) in [6.45, 7) is 1.94. The fourth-order valence-electron chi connectivity index (χ4n) is 2.78. The fraction of sp³-hybridized carbons (Fsp3) is 0.200. The number of amides is 1. The number of carbonyl (C=O) groups excluding carboxylic acids is 2. The number of rotatable bonds is 5. The summed E-state index contributed by atoms with van der Waals surface area (Å²) in [6, 6.07) is 15.0. The summed E-state index contributed by atoms with van der Waals surface area (Å²) in [5.74, 6) is -0.896. The summed E-state index contributed by atoms with van der Waals surface area (Å²) >= 11 is 6.03. The topological polar surface area (TPSA) is 94.8 Å². The Labute approximate surface area is 167 Å². The third-order valence-electron chi connectivity index (χ3n) is 4.10. The van der Waals surface area contributed by atoms with Crippen LogP contribution in [0, 0.1) is 11.3 Å². The van der Waals surface area contributed by atoms with Gasteiger partial charge in [-0.25, -0.2) is 4.79 Å². The number of nitrogens with one attached hydrogen (secondary N) is 1. The number of nitriles is 1. The van der Waals surface area contributed by atoms with Gasteiger partial charge in [0.05, 0.1) is 22.9 Å². The van der Waals surface area contributed by atoms with Gasteiger partial charge in [0.1, 0.15) is 17.8 Å². The zero-order valence-electron chi connectivity index (χ0n) is 15.1. The van der Waals surface area contributed by atoms with Crippen molar-refractivity contribution in [3.05, 3.63) is 59.1 Å². The summed E-state index contributed by atoms with van der Waals surface area (Å²) in [6.07, 6.45) is 0.115. The van der Waals surface area contributed by atoms with Crippen molar-refractivity contribution >= 4 is 40.6 Å². The summed E-state index contributed by atoms with van der Waals surface area (Å²) in [7, 11) is 0. The molecular formula is C20H17ClN4O3. The maximum Gasteiger partial charge on any atom is 0.354 e. The Hall–Kier alpha value is -3.37. The van der Waals surface area contributed by atoms with Crippen LogP contribution in [0.4, 0.5) is 11.4 Å². The number of hydrogen-bond acceptors (Lipinski definition) is 6. The highest BCUT2D eigenvalue weighted by Crippen LogP contribution is 2.27. The number of ether oxygens (including phenoxy) is 1. The molecule has 0 aromatic heterocycles. The predicted octanol–water partition coefficient (Wildman–Crippen LogP) is 3.35. The Morgan fingerprint density at radius 2 is 2.07 bits per heavy atom. The average Bonchev–Trinajstić information content (AvgIpc) is 3.15. The monoisotopic (exact) mass is 396 g/mol. The fourth-order valence-corrected chi connectivity index (χ4v) is 3.00. The molecule has 1 amide bonds. The molecule has 1 aliphatic heterocycles. The van der Waals surface area contributed by atoms with E-state index in [-0.39, 0.29) is 29.7 Å². The maximum atomic E-state index is 12.9. The Balaban J connectivity index is 1.84. The number of hydrazone groups is 1. The van der Waals surface area contributed by atoms with Gasteiger partial charge >= 0.3 is 5.97 Å². The van der Waals surface area contributed by atoms with Crippen molar-refractivity contribution < 1.29 is 14.3 Å². The van der Waals surface area contributed by atoms with Gasteiger partial charge in [0.2, 0.25) is 5.91 Å². The zero-order chi connectivity index (χ0) is 20.1. The number of benzene rings is 2. The van der Waals surface area contributed by atoms with Gasteiger partial charge in [-0.1, -0.05) is 29.8 Å². The Morgan fingerprint density at radius 1 is 1.32 bits per heavy atom. The predicted molar refractivity (Wildman–Crippen MR) is 106 cm³/mol. The molecule has 3 rings (SSSR count). The van der Waals surface area contributed by atoms with Gasteiger partial charge in [0, 0.05) is 12.1 Å². The Morgan fingerprint density at radius 3 is 2.71 bits per heavy atom. The van der Waals surface area contributed by atoms with Gasteiger partial charge in [-0.3, -0.25) is 9.80 Å². The minimum absolute atomic E-state index is 0.115. The molecule has 0 bridgehead atoms. The number of esters is 1. The minimum atomic E-state index is -0.726. The first-order chi connectivity index (χ1) is 13.5. The van der Waals surface area contributed by atoms with Crippen LogP contribution in [0.5, 0.6) is 0 Å². The molecule has 1 N–H and O–H groups in total. The van der Waals surface area contributed by atoms with Crippen LogP contribution in [0.1, 0.15) is 18.9 Å². The van der Waals surface area contributed by atoms with Crippen molar-refractivity contribution in [2.24, 2.45) is 5.10 Å². The third-order valence-corrected chi connectivity index (χ3v) is 4.41. The van der Waals surface area contributed by atoms with Crippen molar-refractivity contribution in [1.82, 2.24) is 0 Å². The molecule has 0 spiro atoms. The van der Waals surface area contributed by atoms with Gasteiger partial charge in [0.15, 0.2) is 0 Å². The largest absolute Gasteiger partial charge is 0.461 e. The van der Waals surface area contributed by atoms with E-state index in [0.29, 0.717) is 16.9 Å². The molecule has 0 fully saturated rings. The molecule has 2 aromatic carbocycles. The van der Waals surface area contributed by atoms with E-state index in [9.17, 15) is 9.59 Å². The average molecular weight is 397 g/mol. The van der Waals surface area contributed by atoms with Gasteiger partial charge in [-0.2, -0.15) is 10.4 Å². The van der Waals surface area contributed by atoms with E-state index in [1.54, 1.807) is 25.1 Å². The molecule has 8 heteroatoms. The van der Waals surface area contributed by atoms with Gasteiger partial charge in [0.25, 0.3) is 0 Å². The molecule has 2 aromatic rings. The van der Waals surface area contributed by atoms with Gasteiger partial charge in [-0.15, -0.1) is 0 Å². The Bertz CT molecular complexity index is 969. The van der Waals surface area contributed by atoms with E-state index < -0.39 is 12.0 Å². The van der Waals surface area contributed by atoms with E-state index in [1.165, 1.54) is 17.1 Å². The standard InChI is InChI=1S/C20H17ClN4O3/c1-2-28-20(27)17-11-18(25(24-17)15-6-4-3-5-7-15)19(26)23-14-9-8-13(12-22)16(21)10-14/h3-10,18H,2,11H2,1H3,(H,23,26). The highest BCUT2D eigenvalue weighted by molar-refractivity contribution is 6.38. The number of hydrogen-bond donors (Lipinski definition) is 1. The van der Waals surface area contributed by atoms with Crippen LogP contribution in [0.15, 0.2) is 53.6 Å². The lowest BCUT2D eigenvalue weighted by Gasteiger charge is -2.22. The summed E-state index contributed by atoms with van der Waals surface area (Å²) in [4.78, 5) is 25.0. The van der Waals surface area contributed by atoms with E-state index in [1.807, 2.05) is 24.3 Å². The van der Waals surface area contributed by atoms with Crippen LogP contribution in [-0.2, 0) is 14.3 Å². The number of anilines is 2. The van der Waals surface area contributed by atoms with Crippen LogP contribution in [0.25, 0.3) is 0 Å². The molecule has 1 heterocycles. The highest BCUT2D eigenvalue weighted by atomic mass is 35.5. The molecular weight excluding hydrogens is 380 g/mol. The van der Waals surface area contributed by atoms with Gasteiger partial charge < -0.3 is 10.1 Å². The number of para-hydroxylation sites is 1. The van der Waals surface area contributed by atoms with Crippen molar-refractivity contribution in [3.8, 4) is 6.07 Å². The second kappa shape index (κ2) is 8.55. The van der Waals surface area contributed by atoms with E-state index in [2.05, 4.69) is 10.4 Å². The smallest absolute Gasteiger partial charge is 0.354 e. The van der Waals surface area contributed by atoms with E-state index >= 15 is 0 Å². The second-order valence-corrected chi connectivity index (χ2v) is 6.37. The first-order valence-corrected chi connectivity index (χ1v) is 9.00. The number of carbonyl (C=O) groups is 2. The molecule has 7 nitrogen and oxygen atoms in total. The van der Waals surface area contributed by atoms with Crippen LogP contribution < -0.4 is 10.3 Å². The van der Waals surface area contributed by atoms with Crippen molar-refractivity contribution in [1.29, 1.82) is 5.26 Å². The second-order valence-electron chi connectivity index (χ2n) is 5.96. The molecule has 0 saturated carbocycles. The number of nitrogens with zero attached hydrogens (tertiary/aromatic N) is 3. The molecule has 142 valence electrons. The highest BCUT2D eigenvalue weighted by Gasteiger charge is 2.36. The van der Waals surface area contributed by atoms with Crippen LogP contribution in [-0.4, -0.2) is 30.2 Å². The van der Waals surface area contributed by atoms with Crippen molar-refractivity contribution in [2.45, 2.75) is 19.4 Å². The lowest BCUT2D eigenvalue weighted by Crippen LogP contribution is -2.38. The maximum absolute atomic E-state index is 12.9. The van der Waals surface area contributed by atoms with E-state index in [4.69, 9.17) is 21.6 Å². The Kier molecular flexibility index (Phi) is 5.92. The molecule has 1 unspecified atom stereocenters. The zero-order valence-corrected chi connectivity index (χ0v) is 15.8. The molecule has 1 aliphatic rings. The number of halogens is 1. The van der Waals surface area contributed by atoms with Crippen LogP contribution in [0.3, 0.4) is 0 Å². The van der Waals surface area contributed by atoms with Crippen molar-refractivity contribution in [3.63, 3.8) is 0 Å². The normalized spacial score (nSPS) is 15.5. The lowest BCUT2D eigenvalue weighted by atomic mass is 10.1. The minimum Gasteiger partial charge on any atom is -0.461 e. The SMILES string of the molecule is CCOC(=O)C1=NN(c2ccccc2)C(C(=O)Nc2ccc(C#N)c(Cl)c2)C1. The van der Waals surface area contributed by atoms with Crippen LogP contribution >= 0.6 is 11.6 Å². The van der Waals surface area contributed by atoms with Crippen molar-refractivity contribution in [2.75, 3.05) is 16.9 Å². The van der Waals surface area contributed by atoms with E-state index in [0.717, 1.165) is 0 Å². The quantitative estimate of drug-likeness (QED) is 0.782. The summed E-state index contributed by atoms with van der Waals surface area (Å²) < 4.78 is 5.02. The lowest BCUT2D eigenvalue weighted by molar-refractivity contribution is -0.135. The summed E-state index contributed by atoms with van der Waals surface area (Å²) in [5, 5.41) is 17.8.